The number of nitrogens with zero attached hydrogens (tertiary/aromatic N) is 1. The van der Waals surface area contributed by atoms with Gasteiger partial charge in [-0.25, -0.2) is 8.42 Å². The van der Waals surface area contributed by atoms with Gasteiger partial charge in [-0.2, -0.15) is 4.31 Å². The highest BCUT2D eigenvalue weighted by Gasteiger charge is 2.37. The topological polar surface area (TPSA) is 66.5 Å². The molecule has 1 saturated heterocycles. The number of rotatable bonds is 4. The Bertz CT molecular complexity index is 946. The fourth-order valence-electron chi connectivity index (χ4n) is 3.14. The van der Waals surface area contributed by atoms with Gasteiger partial charge in [0.25, 0.3) is 0 Å². The molecule has 1 amide bonds. The van der Waals surface area contributed by atoms with E-state index in [1.807, 2.05) is 6.92 Å². The van der Waals surface area contributed by atoms with Crippen LogP contribution in [0.25, 0.3) is 0 Å². The van der Waals surface area contributed by atoms with E-state index in [0.29, 0.717) is 35.1 Å². The van der Waals surface area contributed by atoms with Crippen LogP contribution in [0.15, 0.2) is 47.4 Å². The van der Waals surface area contributed by atoms with Gasteiger partial charge in [-0.15, -0.1) is 0 Å². The molecule has 1 aliphatic rings. The Kier molecular flexibility index (Phi) is 6.11. The Labute approximate surface area is 169 Å². The van der Waals surface area contributed by atoms with Crippen LogP contribution < -0.4 is 5.32 Å². The molecule has 0 saturated carbocycles. The summed E-state index contributed by atoms with van der Waals surface area (Å²) in [6.07, 6.45) is 1.98. The summed E-state index contributed by atoms with van der Waals surface area (Å²) >= 11 is 11.9. The molecule has 8 heteroatoms. The molecule has 1 fully saturated rings. The summed E-state index contributed by atoms with van der Waals surface area (Å²) in [5, 5.41) is 3.79. The molecule has 5 nitrogen and oxygen atoms in total. The van der Waals surface area contributed by atoms with E-state index in [0.717, 1.165) is 12.0 Å². The molecule has 27 heavy (non-hydrogen) atoms. The summed E-state index contributed by atoms with van der Waals surface area (Å²) in [6.45, 7) is 2.16. The fourth-order valence-corrected chi connectivity index (χ4v) is 5.10. The summed E-state index contributed by atoms with van der Waals surface area (Å²) in [5.41, 5.74) is 1.44. The molecule has 3 rings (SSSR count). The van der Waals surface area contributed by atoms with Gasteiger partial charge in [-0.05, 0) is 61.7 Å². The van der Waals surface area contributed by atoms with Crippen LogP contribution in [0.4, 0.5) is 5.69 Å². The second-order valence-electron chi connectivity index (χ2n) is 6.53. The quantitative estimate of drug-likeness (QED) is 0.782. The van der Waals surface area contributed by atoms with E-state index in [9.17, 15) is 13.2 Å². The lowest BCUT2D eigenvalue weighted by atomic mass is 10.0. The number of amides is 1. The highest BCUT2D eigenvalue weighted by molar-refractivity contribution is 7.89. The van der Waals surface area contributed by atoms with Gasteiger partial charge in [-0.1, -0.05) is 35.7 Å². The highest BCUT2D eigenvalue weighted by Crippen LogP contribution is 2.28. The standard InChI is InChI=1S/C19H20Cl2N2O3S/c1-13-5-6-15(21)12-17(13)22-19(24)18-4-2-3-11-23(18)27(25,26)16-9-7-14(20)8-10-16/h5-10,12,18H,2-4,11H2,1H3,(H,22,24). The van der Waals surface area contributed by atoms with Crippen LogP contribution in [0.3, 0.4) is 0 Å². The van der Waals surface area contributed by atoms with Crippen LogP contribution in [0.2, 0.25) is 10.0 Å². The van der Waals surface area contributed by atoms with E-state index in [-0.39, 0.29) is 10.8 Å². The molecule has 1 aliphatic heterocycles. The summed E-state index contributed by atoms with van der Waals surface area (Å²) in [6, 6.07) is 10.4. The molecule has 1 heterocycles. The van der Waals surface area contributed by atoms with Crippen molar-refractivity contribution < 1.29 is 13.2 Å². The second-order valence-corrected chi connectivity index (χ2v) is 9.29. The molecule has 2 aromatic carbocycles. The van der Waals surface area contributed by atoms with Crippen LogP contribution in [0.5, 0.6) is 0 Å². The van der Waals surface area contributed by atoms with Crippen LogP contribution in [0, 0.1) is 6.92 Å². The van der Waals surface area contributed by atoms with Crippen molar-refractivity contribution in [2.75, 3.05) is 11.9 Å². The average Bonchev–Trinajstić information content (AvgIpc) is 2.65. The number of benzene rings is 2. The lowest BCUT2D eigenvalue weighted by Crippen LogP contribution is -2.49. The minimum atomic E-state index is -3.80. The molecule has 0 bridgehead atoms. The van der Waals surface area contributed by atoms with Gasteiger partial charge < -0.3 is 5.32 Å². The molecule has 144 valence electrons. The molecule has 1 atom stereocenters. The minimum absolute atomic E-state index is 0.130. The Balaban J connectivity index is 1.87. The molecule has 1 unspecified atom stereocenters. The zero-order valence-electron chi connectivity index (χ0n) is 14.8. The predicted octanol–water partition coefficient (Wildman–Crippen LogP) is 4.48. The van der Waals surface area contributed by atoms with Crippen molar-refractivity contribution in [1.82, 2.24) is 4.31 Å². The molecule has 0 spiro atoms. The predicted molar refractivity (Wildman–Crippen MR) is 108 cm³/mol. The first-order chi connectivity index (χ1) is 12.8. The fraction of sp³-hybridized carbons (Fsp3) is 0.316. The van der Waals surface area contributed by atoms with Gasteiger partial charge in [0.15, 0.2) is 0 Å². The van der Waals surface area contributed by atoms with E-state index in [2.05, 4.69) is 5.32 Å². The first-order valence-electron chi connectivity index (χ1n) is 8.63. The molecule has 0 aliphatic carbocycles. The Hall–Kier alpha value is -1.60. The van der Waals surface area contributed by atoms with E-state index < -0.39 is 16.1 Å². The first kappa shape index (κ1) is 20.1. The van der Waals surface area contributed by atoms with Gasteiger partial charge in [0.1, 0.15) is 6.04 Å². The van der Waals surface area contributed by atoms with Crippen LogP contribution >= 0.6 is 23.2 Å². The summed E-state index contributed by atoms with van der Waals surface area (Å²) in [5.74, 6) is -0.349. The minimum Gasteiger partial charge on any atom is -0.324 e. The number of hydrogen-bond donors (Lipinski definition) is 1. The number of carbonyl (C=O) groups is 1. The number of hydrogen-bond acceptors (Lipinski definition) is 3. The second kappa shape index (κ2) is 8.19. The molecule has 0 aromatic heterocycles. The number of aryl methyl sites for hydroxylation is 1. The smallest absolute Gasteiger partial charge is 0.243 e. The molecule has 2 aromatic rings. The normalized spacial score (nSPS) is 18.3. The SMILES string of the molecule is Cc1ccc(Cl)cc1NC(=O)C1CCCCN1S(=O)(=O)c1ccc(Cl)cc1. The molecular weight excluding hydrogens is 407 g/mol. The van der Waals surface area contributed by atoms with Crippen molar-refractivity contribution in [2.24, 2.45) is 0 Å². The highest BCUT2D eigenvalue weighted by atomic mass is 35.5. The summed E-state index contributed by atoms with van der Waals surface area (Å²) < 4.78 is 27.4. The van der Waals surface area contributed by atoms with Crippen molar-refractivity contribution >= 4 is 44.8 Å². The van der Waals surface area contributed by atoms with Crippen LogP contribution in [0.1, 0.15) is 24.8 Å². The lowest BCUT2D eigenvalue weighted by molar-refractivity contribution is -0.120. The maximum atomic E-state index is 13.1. The van der Waals surface area contributed by atoms with Crippen molar-refractivity contribution in [2.45, 2.75) is 37.1 Å². The Morgan fingerprint density at radius 3 is 2.44 bits per heavy atom. The monoisotopic (exact) mass is 426 g/mol. The maximum Gasteiger partial charge on any atom is 0.243 e. The Morgan fingerprint density at radius 2 is 1.74 bits per heavy atom. The number of halogens is 2. The van der Waals surface area contributed by atoms with E-state index in [4.69, 9.17) is 23.2 Å². The van der Waals surface area contributed by atoms with E-state index in [1.165, 1.54) is 28.6 Å². The molecule has 1 N–H and O–H groups in total. The number of carbonyl (C=O) groups excluding carboxylic acids is 1. The van der Waals surface area contributed by atoms with Gasteiger partial charge in [0.2, 0.25) is 15.9 Å². The van der Waals surface area contributed by atoms with E-state index in [1.54, 1.807) is 18.2 Å². The third kappa shape index (κ3) is 4.46. The van der Waals surface area contributed by atoms with Gasteiger partial charge in [-0.3, -0.25) is 4.79 Å². The van der Waals surface area contributed by atoms with Gasteiger partial charge in [0.05, 0.1) is 4.90 Å². The molecule has 0 radical (unpaired) electrons. The summed E-state index contributed by atoms with van der Waals surface area (Å²) in [7, 11) is -3.80. The van der Waals surface area contributed by atoms with Crippen molar-refractivity contribution in [3.8, 4) is 0 Å². The average molecular weight is 427 g/mol. The zero-order chi connectivity index (χ0) is 19.6. The van der Waals surface area contributed by atoms with Crippen molar-refractivity contribution in [3.63, 3.8) is 0 Å². The lowest BCUT2D eigenvalue weighted by Gasteiger charge is -2.33. The molecular formula is C19H20Cl2N2O3S. The number of piperidine rings is 1. The zero-order valence-corrected chi connectivity index (χ0v) is 17.1. The number of sulfonamides is 1. The van der Waals surface area contributed by atoms with Crippen LogP contribution in [-0.2, 0) is 14.8 Å². The summed E-state index contributed by atoms with van der Waals surface area (Å²) in [4.78, 5) is 13.0. The van der Waals surface area contributed by atoms with E-state index >= 15 is 0 Å². The third-order valence-electron chi connectivity index (χ3n) is 4.63. The van der Waals surface area contributed by atoms with Gasteiger partial charge in [0, 0.05) is 22.3 Å². The number of anilines is 1. The van der Waals surface area contributed by atoms with Crippen molar-refractivity contribution in [3.05, 3.63) is 58.1 Å². The van der Waals surface area contributed by atoms with Crippen molar-refractivity contribution in [1.29, 1.82) is 0 Å². The van der Waals surface area contributed by atoms with Gasteiger partial charge >= 0.3 is 0 Å². The largest absolute Gasteiger partial charge is 0.324 e. The maximum absolute atomic E-state index is 13.1. The first-order valence-corrected chi connectivity index (χ1v) is 10.8. The number of nitrogens with one attached hydrogen (secondary N) is 1. The third-order valence-corrected chi connectivity index (χ3v) is 7.04. The Morgan fingerprint density at radius 1 is 1.07 bits per heavy atom. The van der Waals surface area contributed by atoms with Crippen LogP contribution in [-0.4, -0.2) is 31.2 Å².